The molecule has 2 aromatic rings. The van der Waals surface area contributed by atoms with Crippen molar-refractivity contribution in [2.24, 2.45) is 0 Å². The molecule has 0 atom stereocenters. The molecule has 6 nitrogen and oxygen atoms in total. The Morgan fingerprint density at radius 1 is 1.44 bits per heavy atom. The molecule has 0 unspecified atom stereocenters. The van der Waals surface area contributed by atoms with E-state index in [0.717, 1.165) is 13.0 Å². The van der Waals surface area contributed by atoms with E-state index in [9.17, 15) is 4.79 Å². The number of aryl methyl sites for hydroxylation is 1. The van der Waals surface area contributed by atoms with Crippen LogP contribution < -0.4 is 11.1 Å². The summed E-state index contributed by atoms with van der Waals surface area (Å²) in [4.78, 5) is 15.6. The van der Waals surface area contributed by atoms with Gasteiger partial charge < -0.3 is 11.1 Å². The molecule has 0 saturated heterocycles. The van der Waals surface area contributed by atoms with Crippen LogP contribution in [0.15, 0.2) is 36.8 Å². The van der Waals surface area contributed by atoms with Crippen molar-refractivity contribution in [3.63, 3.8) is 0 Å². The molecule has 0 aliphatic rings. The van der Waals surface area contributed by atoms with E-state index in [1.807, 2.05) is 16.9 Å². The van der Waals surface area contributed by atoms with E-state index in [4.69, 9.17) is 5.73 Å². The number of hydrogen-bond acceptors (Lipinski definition) is 4. The van der Waals surface area contributed by atoms with Gasteiger partial charge in [-0.1, -0.05) is 0 Å². The number of pyridine rings is 1. The molecule has 18 heavy (non-hydrogen) atoms. The molecule has 2 heterocycles. The largest absolute Gasteiger partial charge is 0.384 e. The highest BCUT2D eigenvalue weighted by molar-refractivity contribution is 5.93. The molecular formula is C12H15N5O. The van der Waals surface area contributed by atoms with Crippen molar-refractivity contribution in [3.05, 3.63) is 42.4 Å². The summed E-state index contributed by atoms with van der Waals surface area (Å²) in [5.74, 6) is 0.271. The first kappa shape index (κ1) is 12.1. The molecule has 0 spiro atoms. The molecular weight excluding hydrogens is 230 g/mol. The summed E-state index contributed by atoms with van der Waals surface area (Å²) in [6.45, 7) is 1.39. The first-order chi connectivity index (χ1) is 8.75. The molecule has 0 fully saturated rings. The third-order valence-electron chi connectivity index (χ3n) is 2.46. The minimum absolute atomic E-state index is 0.136. The van der Waals surface area contributed by atoms with Crippen molar-refractivity contribution in [1.82, 2.24) is 20.1 Å². The monoisotopic (exact) mass is 245 g/mol. The summed E-state index contributed by atoms with van der Waals surface area (Å²) < 4.78 is 1.83. The van der Waals surface area contributed by atoms with Crippen molar-refractivity contribution in [2.45, 2.75) is 13.0 Å². The number of aromatic nitrogens is 3. The lowest BCUT2D eigenvalue weighted by atomic mass is 10.2. The average Bonchev–Trinajstić information content (AvgIpc) is 2.88. The Labute approximate surface area is 105 Å². The average molecular weight is 245 g/mol. The second-order valence-electron chi connectivity index (χ2n) is 3.85. The lowest BCUT2D eigenvalue weighted by Crippen LogP contribution is -2.25. The number of nitrogens with one attached hydrogen (secondary N) is 1. The van der Waals surface area contributed by atoms with E-state index in [1.54, 1.807) is 18.3 Å². The van der Waals surface area contributed by atoms with Crippen LogP contribution in [0.5, 0.6) is 0 Å². The maximum absolute atomic E-state index is 11.7. The first-order valence-electron chi connectivity index (χ1n) is 5.73. The van der Waals surface area contributed by atoms with Gasteiger partial charge in [0, 0.05) is 31.7 Å². The maximum atomic E-state index is 11.7. The summed E-state index contributed by atoms with van der Waals surface area (Å²) in [6, 6.07) is 5.14. The Hall–Kier alpha value is -2.37. The minimum Gasteiger partial charge on any atom is -0.384 e. The zero-order valence-electron chi connectivity index (χ0n) is 9.91. The number of rotatable bonds is 5. The standard InChI is InChI=1S/C12H15N5O/c13-11-4-3-10(9-15-11)12(18)14-5-1-7-17-8-2-6-16-17/h2-4,6,8-9H,1,5,7H2,(H2,13,15)(H,14,18). The summed E-state index contributed by atoms with van der Waals surface area (Å²) >= 11 is 0. The van der Waals surface area contributed by atoms with Crippen molar-refractivity contribution in [2.75, 3.05) is 12.3 Å². The van der Waals surface area contributed by atoms with E-state index in [-0.39, 0.29) is 5.91 Å². The van der Waals surface area contributed by atoms with Crippen LogP contribution in [0.3, 0.4) is 0 Å². The van der Waals surface area contributed by atoms with E-state index in [1.165, 1.54) is 6.20 Å². The lowest BCUT2D eigenvalue weighted by Gasteiger charge is -2.05. The Kier molecular flexibility index (Phi) is 3.90. The molecule has 94 valence electrons. The van der Waals surface area contributed by atoms with Crippen LogP contribution in [0.4, 0.5) is 5.82 Å². The third kappa shape index (κ3) is 3.31. The number of anilines is 1. The van der Waals surface area contributed by atoms with E-state index >= 15 is 0 Å². The third-order valence-corrected chi connectivity index (χ3v) is 2.46. The number of carbonyl (C=O) groups excluding carboxylic acids is 1. The molecule has 0 bridgehead atoms. The molecule has 0 radical (unpaired) electrons. The van der Waals surface area contributed by atoms with Crippen LogP contribution in [0.2, 0.25) is 0 Å². The van der Waals surface area contributed by atoms with Gasteiger partial charge in [0.2, 0.25) is 0 Å². The van der Waals surface area contributed by atoms with Gasteiger partial charge >= 0.3 is 0 Å². The van der Waals surface area contributed by atoms with E-state index in [0.29, 0.717) is 17.9 Å². The van der Waals surface area contributed by atoms with Gasteiger partial charge in [-0.05, 0) is 24.6 Å². The van der Waals surface area contributed by atoms with Gasteiger partial charge in [0.15, 0.2) is 0 Å². The molecule has 1 amide bonds. The van der Waals surface area contributed by atoms with Gasteiger partial charge in [-0.2, -0.15) is 5.10 Å². The zero-order valence-corrected chi connectivity index (χ0v) is 9.91. The van der Waals surface area contributed by atoms with Crippen molar-refractivity contribution >= 4 is 11.7 Å². The van der Waals surface area contributed by atoms with E-state index < -0.39 is 0 Å². The zero-order chi connectivity index (χ0) is 12.8. The van der Waals surface area contributed by atoms with Crippen LogP contribution >= 0.6 is 0 Å². The van der Waals surface area contributed by atoms with Crippen LogP contribution in [0, 0.1) is 0 Å². The van der Waals surface area contributed by atoms with Gasteiger partial charge in [-0.25, -0.2) is 4.98 Å². The fourth-order valence-corrected chi connectivity index (χ4v) is 1.52. The fourth-order valence-electron chi connectivity index (χ4n) is 1.52. The number of nitrogen functional groups attached to an aromatic ring is 1. The smallest absolute Gasteiger partial charge is 0.252 e. The summed E-state index contributed by atoms with van der Waals surface area (Å²) in [7, 11) is 0. The highest BCUT2D eigenvalue weighted by Gasteiger charge is 2.04. The van der Waals surface area contributed by atoms with Gasteiger partial charge in [-0.15, -0.1) is 0 Å². The fraction of sp³-hybridized carbons (Fsp3) is 0.250. The van der Waals surface area contributed by atoms with Crippen molar-refractivity contribution in [1.29, 1.82) is 0 Å². The summed E-state index contributed by atoms with van der Waals surface area (Å²) in [5.41, 5.74) is 5.97. The number of carbonyl (C=O) groups is 1. The second kappa shape index (κ2) is 5.81. The van der Waals surface area contributed by atoms with Gasteiger partial charge in [-0.3, -0.25) is 9.48 Å². The predicted molar refractivity (Wildman–Crippen MR) is 67.8 cm³/mol. The minimum atomic E-state index is -0.136. The highest BCUT2D eigenvalue weighted by atomic mass is 16.1. The topological polar surface area (TPSA) is 85.8 Å². The summed E-state index contributed by atoms with van der Waals surface area (Å²) in [6.07, 6.45) is 5.93. The Bertz CT molecular complexity index is 492. The predicted octanol–water partition coefficient (Wildman–Crippen LogP) is 0.680. The molecule has 0 aromatic carbocycles. The summed E-state index contributed by atoms with van der Waals surface area (Å²) in [5, 5.41) is 6.90. The van der Waals surface area contributed by atoms with Crippen LogP contribution in [-0.4, -0.2) is 27.2 Å². The van der Waals surface area contributed by atoms with Crippen LogP contribution in [-0.2, 0) is 6.54 Å². The first-order valence-corrected chi connectivity index (χ1v) is 5.73. The maximum Gasteiger partial charge on any atom is 0.252 e. The Morgan fingerprint density at radius 2 is 2.33 bits per heavy atom. The SMILES string of the molecule is Nc1ccc(C(=O)NCCCn2cccn2)cn1. The van der Waals surface area contributed by atoms with Gasteiger partial charge in [0.05, 0.1) is 5.56 Å². The van der Waals surface area contributed by atoms with Crippen molar-refractivity contribution < 1.29 is 4.79 Å². The lowest BCUT2D eigenvalue weighted by molar-refractivity contribution is 0.0952. The van der Waals surface area contributed by atoms with Crippen LogP contribution in [0.1, 0.15) is 16.8 Å². The van der Waals surface area contributed by atoms with Crippen molar-refractivity contribution in [3.8, 4) is 0 Å². The number of nitrogens with zero attached hydrogens (tertiary/aromatic N) is 3. The quantitative estimate of drug-likeness (QED) is 0.758. The molecule has 0 saturated carbocycles. The molecule has 6 heteroatoms. The van der Waals surface area contributed by atoms with Gasteiger partial charge in [0.1, 0.15) is 5.82 Å². The van der Waals surface area contributed by atoms with Gasteiger partial charge in [0.25, 0.3) is 5.91 Å². The Morgan fingerprint density at radius 3 is 3.00 bits per heavy atom. The molecule has 2 aromatic heterocycles. The number of nitrogens with two attached hydrogens (primary N) is 1. The molecule has 3 N–H and O–H groups in total. The number of hydrogen-bond donors (Lipinski definition) is 2. The van der Waals surface area contributed by atoms with E-state index in [2.05, 4.69) is 15.4 Å². The highest BCUT2D eigenvalue weighted by Crippen LogP contribution is 2.00. The molecule has 0 aliphatic heterocycles. The number of amides is 1. The second-order valence-corrected chi connectivity index (χ2v) is 3.85. The Balaban J connectivity index is 1.73. The normalized spacial score (nSPS) is 10.2. The van der Waals surface area contributed by atoms with Crippen LogP contribution in [0.25, 0.3) is 0 Å². The molecule has 2 rings (SSSR count). The molecule has 0 aliphatic carbocycles.